The summed E-state index contributed by atoms with van der Waals surface area (Å²) >= 11 is 0. The molecule has 0 aromatic heterocycles. The summed E-state index contributed by atoms with van der Waals surface area (Å²) in [6.45, 7) is 2.73. The van der Waals surface area contributed by atoms with Crippen LogP contribution in [-0.2, 0) is 0 Å². The second kappa shape index (κ2) is 12.3. The van der Waals surface area contributed by atoms with Gasteiger partial charge in [-0.05, 0) is 62.2 Å². The van der Waals surface area contributed by atoms with E-state index in [4.69, 9.17) is 0 Å². The van der Waals surface area contributed by atoms with Crippen LogP contribution in [0, 0.1) is 23.7 Å². The summed E-state index contributed by atoms with van der Waals surface area (Å²) in [5.74, 6) is 3.70. The SMILES string of the molecule is CCCCCCCCCCC1CCC(C2CCC(CO)CC2)CC1. The molecule has 0 unspecified atom stereocenters. The second-order valence-corrected chi connectivity index (χ2v) is 9.01. The van der Waals surface area contributed by atoms with E-state index < -0.39 is 0 Å². The van der Waals surface area contributed by atoms with Gasteiger partial charge >= 0.3 is 0 Å². The van der Waals surface area contributed by atoms with Gasteiger partial charge in [0, 0.05) is 6.61 Å². The van der Waals surface area contributed by atoms with Crippen molar-refractivity contribution in [2.75, 3.05) is 6.61 Å². The van der Waals surface area contributed by atoms with Crippen LogP contribution < -0.4 is 0 Å². The van der Waals surface area contributed by atoms with Gasteiger partial charge in [-0.3, -0.25) is 0 Å². The summed E-state index contributed by atoms with van der Waals surface area (Å²) in [6.07, 6.45) is 24.6. The topological polar surface area (TPSA) is 20.2 Å². The van der Waals surface area contributed by atoms with Crippen LogP contribution in [0.1, 0.15) is 116 Å². The van der Waals surface area contributed by atoms with Crippen LogP contribution in [-0.4, -0.2) is 11.7 Å². The number of hydrogen-bond acceptors (Lipinski definition) is 1. The summed E-state index contributed by atoms with van der Waals surface area (Å²) in [5.41, 5.74) is 0. The van der Waals surface area contributed by atoms with E-state index in [0.29, 0.717) is 12.5 Å². The highest BCUT2D eigenvalue weighted by Crippen LogP contribution is 2.42. The molecular weight excluding hydrogens is 292 g/mol. The summed E-state index contributed by atoms with van der Waals surface area (Å²) in [7, 11) is 0. The number of unbranched alkanes of at least 4 members (excludes halogenated alkanes) is 7. The minimum absolute atomic E-state index is 0.429. The fourth-order valence-electron chi connectivity index (χ4n) is 5.36. The summed E-state index contributed by atoms with van der Waals surface area (Å²) < 4.78 is 0. The third-order valence-corrected chi connectivity index (χ3v) is 7.17. The Bertz CT molecular complexity index is 284. The largest absolute Gasteiger partial charge is 0.396 e. The van der Waals surface area contributed by atoms with Gasteiger partial charge in [0.25, 0.3) is 0 Å². The first-order valence-electron chi connectivity index (χ1n) is 11.4. The molecule has 2 aliphatic rings. The Morgan fingerprint density at radius 3 is 1.54 bits per heavy atom. The maximum Gasteiger partial charge on any atom is 0.0459 e. The lowest BCUT2D eigenvalue weighted by atomic mass is 9.69. The fraction of sp³-hybridized carbons (Fsp3) is 1.00. The predicted molar refractivity (Wildman–Crippen MR) is 105 cm³/mol. The standard InChI is InChI=1S/C23H44O/c1-2-3-4-5-6-7-8-9-10-20-11-15-22(16-12-20)23-17-13-21(19-24)14-18-23/h20-24H,2-19H2,1H3. The van der Waals surface area contributed by atoms with Crippen molar-refractivity contribution >= 4 is 0 Å². The lowest BCUT2D eigenvalue weighted by Crippen LogP contribution is -2.26. The molecule has 0 heterocycles. The van der Waals surface area contributed by atoms with Gasteiger partial charge in [-0.1, -0.05) is 77.6 Å². The van der Waals surface area contributed by atoms with Crippen LogP contribution in [0.4, 0.5) is 0 Å². The molecule has 0 radical (unpaired) electrons. The Hall–Kier alpha value is -0.0400. The lowest BCUT2D eigenvalue weighted by molar-refractivity contribution is 0.115. The van der Waals surface area contributed by atoms with E-state index >= 15 is 0 Å². The van der Waals surface area contributed by atoms with E-state index in [9.17, 15) is 5.11 Å². The van der Waals surface area contributed by atoms with E-state index in [0.717, 1.165) is 17.8 Å². The minimum Gasteiger partial charge on any atom is -0.396 e. The van der Waals surface area contributed by atoms with Crippen molar-refractivity contribution in [3.05, 3.63) is 0 Å². The molecule has 1 nitrogen and oxygen atoms in total. The molecule has 0 aromatic carbocycles. The van der Waals surface area contributed by atoms with Gasteiger partial charge in [-0.2, -0.15) is 0 Å². The summed E-state index contributed by atoms with van der Waals surface area (Å²) in [5, 5.41) is 9.30. The number of rotatable bonds is 11. The van der Waals surface area contributed by atoms with Gasteiger partial charge in [0.2, 0.25) is 0 Å². The van der Waals surface area contributed by atoms with Crippen molar-refractivity contribution in [2.24, 2.45) is 23.7 Å². The van der Waals surface area contributed by atoms with Crippen molar-refractivity contribution in [1.82, 2.24) is 0 Å². The predicted octanol–water partition coefficient (Wildman–Crippen LogP) is 7.12. The highest BCUT2D eigenvalue weighted by Gasteiger charge is 2.30. The monoisotopic (exact) mass is 336 g/mol. The van der Waals surface area contributed by atoms with Gasteiger partial charge < -0.3 is 5.11 Å². The highest BCUT2D eigenvalue weighted by atomic mass is 16.3. The first kappa shape index (κ1) is 20.3. The van der Waals surface area contributed by atoms with Crippen molar-refractivity contribution in [2.45, 2.75) is 116 Å². The summed E-state index contributed by atoms with van der Waals surface area (Å²) in [4.78, 5) is 0. The quantitative estimate of drug-likeness (QED) is 0.398. The minimum atomic E-state index is 0.429. The Kier molecular flexibility index (Phi) is 10.4. The molecule has 0 aliphatic heterocycles. The molecule has 0 amide bonds. The zero-order chi connectivity index (χ0) is 17.0. The van der Waals surface area contributed by atoms with Crippen LogP contribution >= 0.6 is 0 Å². The molecule has 0 bridgehead atoms. The fourth-order valence-corrected chi connectivity index (χ4v) is 5.36. The molecule has 2 saturated carbocycles. The Morgan fingerprint density at radius 1 is 0.583 bits per heavy atom. The number of aliphatic hydroxyl groups excluding tert-OH is 1. The molecule has 0 aromatic rings. The van der Waals surface area contributed by atoms with Gasteiger partial charge in [-0.15, -0.1) is 0 Å². The van der Waals surface area contributed by atoms with E-state index in [2.05, 4.69) is 6.92 Å². The van der Waals surface area contributed by atoms with E-state index in [1.54, 1.807) is 0 Å². The van der Waals surface area contributed by atoms with Gasteiger partial charge in [0.1, 0.15) is 0 Å². The molecule has 1 heteroatoms. The van der Waals surface area contributed by atoms with Crippen LogP contribution in [0.5, 0.6) is 0 Å². The molecule has 0 saturated heterocycles. The van der Waals surface area contributed by atoms with E-state index in [-0.39, 0.29) is 0 Å². The van der Waals surface area contributed by atoms with Crippen molar-refractivity contribution in [3.63, 3.8) is 0 Å². The third kappa shape index (κ3) is 7.46. The van der Waals surface area contributed by atoms with E-state index in [1.807, 2.05) is 0 Å². The maximum absolute atomic E-state index is 9.30. The molecule has 0 atom stereocenters. The average Bonchev–Trinajstić information content (AvgIpc) is 2.64. The molecule has 1 N–H and O–H groups in total. The zero-order valence-electron chi connectivity index (χ0n) is 16.5. The first-order chi connectivity index (χ1) is 11.8. The molecular formula is C23H44O. The van der Waals surface area contributed by atoms with Crippen LogP contribution in [0.15, 0.2) is 0 Å². The van der Waals surface area contributed by atoms with Crippen LogP contribution in [0.3, 0.4) is 0 Å². The summed E-state index contributed by atoms with van der Waals surface area (Å²) in [6, 6.07) is 0. The molecule has 2 fully saturated rings. The van der Waals surface area contributed by atoms with E-state index in [1.165, 1.54) is 109 Å². The van der Waals surface area contributed by atoms with Crippen molar-refractivity contribution in [1.29, 1.82) is 0 Å². The van der Waals surface area contributed by atoms with Crippen LogP contribution in [0.25, 0.3) is 0 Å². The third-order valence-electron chi connectivity index (χ3n) is 7.17. The second-order valence-electron chi connectivity index (χ2n) is 9.01. The first-order valence-corrected chi connectivity index (χ1v) is 11.4. The molecule has 2 aliphatic carbocycles. The molecule has 0 spiro atoms. The van der Waals surface area contributed by atoms with Crippen molar-refractivity contribution < 1.29 is 5.11 Å². The molecule has 142 valence electrons. The average molecular weight is 337 g/mol. The molecule has 24 heavy (non-hydrogen) atoms. The Labute approximate surface area is 152 Å². The van der Waals surface area contributed by atoms with Crippen molar-refractivity contribution in [3.8, 4) is 0 Å². The number of aliphatic hydroxyl groups is 1. The number of hydrogen-bond donors (Lipinski definition) is 1. The van der Waals surface area contributed by atoms with Crippen LogP contribution in [0.2, 0.25) is 0 Å². The smallest absolute Gasteiger partial charge is 0.0459 e. The van der Waals surface area contributed by atoms with Gasteiger partial charge in [-0.25, -0.2) is 0 Å². The van der Waals surface area contributed by atoms with Gasteiger partial charge in [0.15, 0.2) is 0 Å². The molecule has 2 rings (SSSR count). The maximum atomic E-state index is 9.30. The zero-order valence-corrected chi connectivity index (χ0v) is 16.5. The Morgan fingerprint density at radius 2 is 1.04 bits per heavy atom. The van der Waals surface area contributed by atoms with Gasteiger partial charge in [0.05, 0.1) is 0 Å². The highest BCUT2D eigenvalue weighted by molar-refractivity contribution is 4.81. The Balaban J connectivity index is 1.46. The normalized spacial score (nSPS) is 31.2. The lowest BCUT2D eigenvalue weighted by Gasteiger charge is -2.37.